The fourth-order valence-corrected chi connectivity index (χ4v) is 1.70. The van der Waals surface area contributed by atoms with E-state index >= 15 is 0 Å². The SMILES string of the molecule is C#C/C=C\C=C/CCCC1CC1NC. The average Bonchev–Trinajstić information content (AvgIpc) is 2.95. The molecule has 0 saturated heterocycles. The molecule has 0 amide bonds. The number of rotatable bonds is 6. The first-order chi connectivity index (χ1) is 6.88. The fourth-order valence-electron chi connectivity index (χ4n) is 1.70. The zero-order valence-electron chi connectivity index (χ0n) is 8.87. The Balaban J connectivity index is 1.93. The zero-order chi connectivity index (χ0) is 10.2. The van der Waals surface area contributed by atoms with Gasteiger partial charge < -0.3 is 5.32 Å². The van der Waals surface area contributed by atoms with Gasteiger partial charge in [-0.05, 0) is 44.7 Å². The zero-order valence-corrected chi connectivity index (χ0v) is 8.87. The van der Waals surface area contributed by atoms with Crippen LogP contribution in [0.15, 0.2) is 24.3 Å². The van der Waals surface area contributed by atoms with Crippen LogP contribution in [0.4, 0.5) is 0 Å². The van der Waals surface area contributed by atoms with Gasteiger partial charge in [0.25, 0.3) is 0 Å². The summed E-state index contributed by atoms with van der Waals surface area (Å²) in [6, 6.07) is 0.806. The lowest BCUT2D eigenvalue weighted by Gasteiger charge is -1.96. The van der Waals surface area contributed by atoms with Gasteiger partial charge in [0, 0.05) is 6.04 Å². The third-order valence-corrected chi connectivity index (χ3v) is 2.68. The Kier molecular flexibility index (Phi) is 5.11. The highest BCUT2D eigenvalue weighted by molar-refractivity contribution is 5.15. The highest BCUT2D eigenvalue weighted by atomic mass is 14.9. The molecule has 1 fully saturated rings. The average molecular weight is 189 g/mol. The van der Waals surface area contributed by atoms with Crippen molar-refractivity contribution in [2.75, 3.05) is 7.05 Å². The molecular formula is C13H19N. The summed E-state index contributed by atoms with van der Waals surface area (Å²) in [6.07, 6.45) is 18.1. The van der Waals surface area contributed by atoms with E-state index < -0.39 is 0 Å². The van der Waals surface area contributed by atoms with Gasteiger partial charge in [-0.1, -0.05) is 24.1 Å². The Hall–Kier alpha value is -1.00. The smallest absolute Gasteiger partial charge is 0.00961 e. The molecule has 0 bridgehead atoms. The van der Waals surface area contributed by atoms with Crippen LogP contribution in [0, 0.1) is 18.3 Å². The van der Waals surface area contributed by atoms with Gasteiger partial charge in [-0.25, -0.2) is 0 Å². The Labute approximate surface area is 87.3 Å². The van der Waals surface area contributed by atoms with Crippen LogP contribution in [0.3, 0.4) is 0 Å². The molecule has 1 aliphatic carbocycles. The van der Waals surface area contributed by atoms with Crippen LogP contribution in [-0.4, -0.2) is 13.1 Å². The largest absolute Gasteiger partial charge is 0.317 e. The predicted octanol–water partition coefficient (Wildman–Crippen LogP) is 2.51. The number of allylic oxidation sites excluding steroid dienone is 4. The quantitative estimate of drug-likeness (QED) is 0.384. The van der Waals surface area contributed by atoms with Crippen molar-refractivity contribution in [2.24, 2.45) is 5.92 Å². The van der Waals surface area contributed by atoms with Crippen molar-refractivity contribution in [1.82, 2.24) is 5.32 Å². The summed E-state index contributed by atoms with van der Waals surface area (Å²) >= 11 is 0. The maximum absolute atomic E-state index is 5.07. The fraction of sp³-hybridized carbons (Fsp3) is 0.538. The minimum Gasteiger partial charge on any atom is -0.317 e. The second-order valence-electron chi connectivity index (χ2n) is 3.78. The molecule has 1 N–H and O–H groups in total. The van der Waals surface area contributed by atoms with Gasteiger partial charge in [-0.2, -0.15) is 0 Å². The first-order valence-corrected chi connectivity index (χ1v) is 5.33. The number of nitrogens with one attached hydrogen (secondary N) is 1. The van der Waals surface area contributed by atoms with E-state index in [1.54, 1.807) is 6.08 Å². The van der Waals surface area contributed by atoms with E-state index in [1.165, 1.54) is 25.7 Å². The number of terminal acetylenes is 1. The maximum atomic E-state index is 5.07. The summed E-state index contributed by atoms with van der Waals surface area (Å²) < 4.78 is 0. The molecule has 0 radical (unpaired) electrons. The van der Waals surface area contributed by atoms with Crippen molar-refractivity contribution in [3.05, 3.63) is 24.3 Å². The van der Waals surface area contributed by atoms with Crippen LogP contribution < -0.4 is 5.32 Å². The van der Waals surface area contributed by atoms with E-state index in [-0.39, 0.29) is 0 Å². The summed E-state index contributed by atoms with van der Waals surface area (Å²) in [5.41, 5.74) is 0. The van der Waals surface area contributed by atoms with Crippen molar-refractivity contribution in [3.63, 3.8) is 0 Å². The molecule has 0 aliphatic heterocycles. The van der Waals surface area contributed by atoms with Crippen LogP contribution >= 0.6 is 0 Å². The molecule has 1 rings (SSSR count). The Bertz CT molecular complexity index is 244. The van der Waals surface area contributed by atoms with Gasteiger partial charge in [0.2, 0.25) is 0 Å². The summed E-state index contributed by atoms with van der Waals surface area (Å²) in [7, 11) is 2.05. The van der Waals surface area contributed by atoms with E-state index in [0.29, 0.717) is 0 Å². The van der Waals surface area contributed by atoms with E-state index in [4.69, 9.17) is 6.42 Å². The van der Waals surface area contributed by atoms with Crippen LogP contribution in [-0.2, 0) is 0 Å². The monoisotopic (exact) mass is 189 g/mol. The number of hydrogen-bond acceptors (Lipinski definition) is 1. The number of hydrogen-bond donors (Lipinski definition) is 1. The summed E-state index contributed by atoms with van der Waals surface area (Å²) in [4.78, 5) is 0. The molecule has 0 heterocycles. The third kappa shape index (κ3) is 4.30. The molecule has 1 nitrogen and oxygen atoms in total. The van der Waals surface area contributed by atoms with Crippen LogP contribution in [0.25, 0.3) is 0 Å². The Morgan fingerprint density at radius 1 is 1.50 bits per heavy atom. The van der Waals surface area contributed by atoms with E-state index in [1.807, 2.05) is 12.2 Å². The predicted molar refractivity (Wildman–Crippen MR) is 61.9 cm³/mol. The van der Waals surface area contributed by atoms with Gasteiger partial charge >= 0.3 is 0 Å². The molecule has 2 atom stereocenters. The van der Waals surface area contributed by atoms with Crippen molar-refractivity contribution >= 4 is 0 Å². The first-order valence-electron chi connectivity index (χ1n) is 5.33. The van der Waals surface area contributed by atoms with Crippen molar-refractivity contribution < 1.29 is 0 Å². The van der Waals surface area contributed by atoms with Crippen molar-refractivity contribution in [1.29, 1.82) is 0 Å². The molecule has 0 aromatic rings. The molecule has 2 unspecified atom stereocenters. The molecular weight excluding hydrogens is 170 g/mol. The lowest BCUT2D eigenvalue weighted by Crippen LogP contribution is -2.10. The molecule has 0 aromatic carbocycles. The van der Waals surface area contributed by atoms with Crippen LogP contribution in [0.1, 0.15) is 25.7 Å². The summed E-state index contributed by atoms with van der Waals surface area (Å²) in [5.74, 6) is 3.40. The molecule has 0 aromatic heterocycles. The van der Waals surface area contributed by atoms with E-state index in [0.717, 1.165) is 12.0 Å². The third-order valence-electron chi connectivity index (χ3n) is 2.68. The first kappa shape index (κ1) is 11.1. The molecule has 76 valence electrons. The normalized spacial score (nSPS) is 25.7. The molecule has 0 spiro atoms. The molecule has 14 heavy (non-hydrogen) atoms. The molecule has 1 aliphatic rings. The minimum atomic E-state index is 0.806. The van der Waals surface area contributed by atoms with Crippen molar-refractivity contribution in [3.8, 4) is 12.3 Å². The van der Waals surface area contributed by atoms with Gasteiger partial charge in [0.15, 0.2) is 0 Å². The lowest BCUT2D eigenvalue weighted by molar-refractivity contribution is 0.623. The second-order valence-corrected chi connectivity index (χ2v) is 3.78. The van der Waals surface area contributed by atoms with Gasteiger partial charge in [0.05, 0.1) is 0 Å². The standard InChI is InChI=1S/C13H19N/c1-3-4-5-6-7-8-9-10-12-11-13(12)14-2/h1,4-7,12-14H,8-11H2,2H3/b5-4-,7-6-. The van der Waals surface area contributed by atoms with Crippen LogP contribution in [0.2, 0.25) is 0 Å². The van der Waals surface area contributed by atoms with E-state index in [2.05, 4.69) is 24.4 Å². The van der Waals surface area contributed by atoms with Gasteiger partial charge in [-0.3, -0.25) is 0 Å². The maximum Gasteiger partial charge on any atom is 0.00961 e. The van der Waals surface area contributed by atoms with Crippen molar-refractivity contribution in [2.45, 2.75) is 31.7 Å². The molecule has 1 saturated carbocycles. The topological polar surface area (TPSA) is 12.0 Å². The second kappa shape index (κ2) is 6.45. The highest BCUT2D eigenvalue weighted by Crippen LogP contribution is 2.34. The lowest BCUT2D eigenvalue weighted by atomic mass is 10.1. The number of unbranched alkanes of at least 4 members (excludes halogenated alkanes) is 1. The summed E-state index contributed by atoms with van der Waals surface area (Å²) in [6.45, 7) is 0. The van der Waals surface area contributed by atoms with Crippen LogP contribution in [0.5, 0.6) is 0 Å². The van der Waals surface area contributed by atoms with E-state index in [9.17, 15) is 0 Å². The van der Waals surface area contributed by atoms with Gasteiger partial charge in [-0.15, -0.1) is 6.42 Å². The summed E-state index contributed by atoms with van der Waals surface area (Å²) in [5, 5.41) is 3.31. The Morgan fingerprint density at radius 2 is 2.36 bits per heavy atom. The highest BCUT2D eigenvalue weighted by Gasteiger charge is 2.34. The van der Waals surface area contributed by atoms with Gasteiger partial charge in [0.1, 0.15) is 0 Å². The minimum absolute atomic E-state index is 0.806. The molecule has 1 heteroatoms. The Morgan fingerprint density at radius 3 is 3.00 bits per heavy atom.